The Labute approximate surface area is 108 Å². The molecule has 0 bridgehead atoms. The summed E-state index contributed by atoms with van der Waals surface area (Å²) < 4.78 is 1.36. The molecular formula is C11H15ClN2O2S. The van der Waals surface area contributed by atoms with E-state index in [0.717, 1.165) is 12.8 Å². The standard InChI is InChI=1S/C11H15ClN2O2S/c1-3-7-8(12)13-10(16)14(9(7)15)6-11(17-2)4-5-11/h3-6H2,1-2H3,(H,13,16). The van der Waals surface area contributed by atoms with Crippen molar-refractivity contribution in [1.82, 2.24) is 9.55 Å². The topological polar surface area (TPSA) is 54.9 Å². The molecule has 0 radical (unpaired) electrons. The van der Waals surface area contributed by atoms with Crippen LogP contribution in [0.1, 0.15) is 25.3 Å². The summed E-state index contributed by atoms with van der Waals surface area (Å²) in [6.45, 7) is 2.33. The van der Waals surface area contributed by atoms with E-state index < -0.39 is 5.69 Å². The lowest BCUT2D eigenvalue weighted by Gasteiger charge is -2.14. The summed E-state index contributed by atoms with van der Waals surface area (Å²) >= 11 is 7.58. The number of nitrogens with one attached hydrogen (secondary N) is 1. The van der Waals surface area contributed by atoms with Crippen LogP contribution in [0.3, 0.4) is 0 Å². The molecule has 4 nitrogen and oxygen atoms in total. The molecule has 1 aromatic rings. The fourth-order valence-electron chi connectivity index (χ4n) is 1.89. The second kappa shape index (κ2) is 4.53. The van der Waals surface area contributed by atoms with Gasteiger partial charge < -0.3 is 0 Å². The molecule has 1 saturated carbocycles. The van der Waals surface area contributed by atoms with Gasteiger partial charge in [-0.15, -0.1) is 0 Å². The van der Waals surface area contributed by atoms with Gasteiger partial charge in [0.15, 0.2) is 0 Å². The number of aromatic amines is 1. The van der Waals surface area contributed by atoms with Gasteiger partial charge in [0.2, 0.25) is 0 Å². The summed E-state index contributed by atoms with van der Waals surface area (Å²) in [4.78, 5) is 26.4. The maximum Gasteiger partial charge on any atom is 0.329 e. The fourth-order valence-corrected chi connectivity index (χ4v) is 2.95. The lowest BCUT2D eigenvalue weighted by molar-refractivity contribution is 0.595. The molecule has 1 aliphatic carbocycles. The second-order valence-corrected chi connectivity index (χ2v) is 6.01. The molecule has 1 N–H and O–H groups in total. The normalized spacial score (nSPS) is 17.1. The first-order valence-electron chi connectivity index (χ1n) is 5.59. The van der Waals surface area contributed by atoms with Crippen molar-refractivity contribution >= 4 is 23.4 Å². The summed E-state index contributed by atoms with van der Waals surface area (Å²) in [5.41, 5.74) is -0.165. The van der Waals surface area contributed by atoms with Crippen molar-refractivity contribution in [3.05, 3.63) is 31.6 Å². The van der Waals surface area contributed by atoms with Gasteiger partial charge in [0, 0.05) is 11.3 Å². The third kappa shape index (κ3) is 2.31. The molecule has 94 valence electrons. The van der Waals surface area contributed by atoms with E-state index in [0.29, 0.717) is 18.5 Å². The van der Waals surface area contributed by atoms with E-state index in [1.54, 1.807) is 11.8 Å². The number of halogens is 1. The Bertz CT molecular complexity index is 545. The van der Waals surface area contributed by atoms with E-state index in [4.69, 9.17) is 11.6 Å². The van der Waals surface area contributed by atoms with Gasteiger partial charge in [-0.25, -0.2) is 4.79 Å². The van der Waals surface area contributed by atoms with Crippen molar-refractivity contribution in [2.75, 3.05) is 6.26 Å². The van der Waals surface area contributed by atoms with Gasteiger partial charge in [-0.3, -0.25) is 14.3 Å². The van der Waals surface area contributed by atoms with E-state index in [-0.39, 0.29) is 15.5 Å². The van der Waals surface area contributed by atoms with E-state index >= 15 is 0 Å². The molecule has 2 rings (SSSR count). The minimum absolute atomic E-state index is 0.0790. The van der Waals surface area contributed by atoms with Crippen molar-refractivity contribution in [3.63, 3.8) is 0 Å². The van der Waals surface area contributed by atoms with E-state index in [2.05, 4.69) is 4.98 Å². The van der Waals surface area contributed by atoms with Gasteiger partial charge in [-0.05, 0) is 25.5 Å². The van der Waals surface area contributed by atoms with Crippen LogP contribution in [0.2, 0.25) is 5.15 Å². The van der Waals surface area contributed by atoms with Crippen molar-refractivity contribution < 1.29 is 0 Å². The SMILES string of the molecule is CCc1c(Cl)[nH]c(=O)n(CC2(SC)CC2)c1=O. The first-order chi connectivity index (χ1) is 8.03. The smallest absolute Gasteiger partial charge is 0.297 e. The Hall–Kier alpha value is -0.680. The van der Waals surface area contributed by atoms with E-state index in [1.807, 2.05) is 13.2 Å². The molecule has 0 amide bonds. The van der Waals surface area contributed by atoms with Crippen LogP contribution in [0.15, 0.2) is 9.59 Å². The number of aromatic nitrogens is 2. The maximum atomic E-state index is 12.1. The summed E-state index contributed by atoms with van der Waals surface area (Å²) in [5, 5.41) is 0.174. The fraction of sp³-hybridized carbons (Fsp3) is 0.636. The molecule has 0 aliphatic heterocycles. The van der Waals surface area contributed by atoms with Gasteiger partial charge in [-0.2, -0.15) is 11.8 Å². The molecule has 6 heteroatoms. The van der Waals surface area contributed by atoms with Gasteiger partial charge in [-0.1, -0.05) is 18.5 Å². The molecule has 17 heavy (non-hydrogen) atoms. The second-order valence-electron chi connectivity index (χ2n) is 4.35. The predicted molar refractivity (Wildman–Crippen MR) is 71.2 cm³/mol. The summed E-state index contributed by atoms with van der Waals surface area (Å²) in [6.07, 6.45) is 4.66. The number of rotatable bonds is 4. The highest BCUT2D eigenvalue weighted by molar-refractivity contribution is 8.00. The molecule has 0 atom stereocenters. The van der Waals surface area contributed by atoms with Crippen LogP contribution < -0.4 is 11.2 Å². The third-order valence-electron chi connectivity index (χ3n) is 3.27. The van der Waals surface area contributed by atoms with Crippen LogP contribution in [-0.4, -0.2) is 20.6 Å². The first kappa shape index (κ1) is 12.8. The molecule has 0 unspecified atom stereocenters. The maximum absolute atomic E-state index is 12.1. The minimum atomic E-state index is -0.405. The molecule has 1 aliphatic rings. The first-order valence-corrected chi connectivity index (χ1v) is 7.20. The zero-order chi connectivity index (χ0) is 12.6. The Balaban J connectivity index is 2.47. The van der Waals surface area contributed by atoms with Gasteiger partial charge in [0.25, 0.3) is 5.56 Å². The van der Waals surface area contributed by atoms with Crippen molar-refractivity contribution in [1.29, 1.82) is 0 Å². The molecule has 0 spiro atoms. The Morgan fingerprint density at radius 1 is 1.47 bits per heavy atom. The van der Waals surface area contributed by atoms with Crippen molar-refractivity contribution in [3.8, 4) is 0 Å². The average molecular weight is 275 g/mol. The number of H-pyrrole nitrogens is 1. The van der Waals surface area contributed by atoms with E-state index in [9.17, 15) is 9.59 Å². The van der Waals surface area contributed by atoms with Crippen LogP contribution >= 0.6 is 23.4 Å². The monoisotopic (exact) mass is 274 g/mol. The van der Waals surface area contributed by atoms with Crippen molar-refractivity contribution in [2.24, 2.45) is 0 Å². The lowest BCUT2D eigenvalue weighted by Crippen LogP contribution is -2.40. The van der Waals surface area contributed by atoms with Gasteiger partial charge in [0.05, 0.1) is 5.56 Å². The minimum Gasteiger partial charge on any atom is -0.297 e. The number of hydrogen-bond acceptors (Lipinski definition) is 3. The molecule has 1 fully saturated rings. The predicted octanol–water partition coefficient (Wildman–Crippen LogP) is 1.65. The van der Waals surface area contributed by atoms with Crippen molar-refractivity contribution in [2.45, 2.75) is 37.5 Å². The Kier molecular flexibility index (Phi) is 3.41. The number of hydrogen-bond donors (Lipinski definition) is 1. The Morgan fingerprint density at radius 2 is 2.12 bits per heavy atom. The van der Waals surface area contributed by atoms with Crippen LogP contribution in [-0.2, 0) is 13.0 Å². The molecule has 1 aromatic heterocycles. The van der Waals surface area contributed by atoms with Crippen LogP contribution in [0, 0.1) is 0 Å². The Morgan fingerprint density at radius 3 is 2.59 bits per heavy atom. The molecular weight excluding hydrogens is 260 g/mol. The average Bonchev–Trinajstić information content (AvgIpc) is 3.05. The third-order valence-corrected chi connectivity index (χ3v) is 5.00. The summed E-state index contributed by atoms with van der Waals surface area (Å²) in [7, 11) is 0. The zero-order valence-electron chi connectivity index (χ0n) is 9.88. The highest BCUT2D eigenvalue weighted by Crippen LogP contribution is 2.47. The summed E-state index contributed by atoms with van der Waals surface area (Å²) in [6, 6.07) is 0. The number of nitrogens with zero attached hydrogens (tertiary/aromatic N) is 1. The van der Waals surface area contributed by atoms with Crippen LogP contribution in [0.25, 0.3) is 0 Å². The molecule has 1 heterocycles. The highest BCUT2D eigenvalue weighted by atomic mass is 35.5. The quantitative estimate of drug-likeness (QED) is 0.850. The van der Waals surface area contributed by atoms with Crippen LogP contribution in [0.5, 0.6) is 0 Å². The van der Waals surface area contributed by atoms with Gasteiger partial charge >= 0.3 is 5.69 Å². The largest absolute Gasteiger partial charge is 0.329 e. The molecule has 0 saturated heterocycles. The van der Waals surface area contributed by atoms with Gasteiger partial charge in [0.1, 0.15) is 5.15 Å². The van der Waals surface area contributed by atoms with E-state index in [1.165, 1.54) is 4.57 Å². The molecule has 0 aromatic carbocycles. The number of thioether (sulfide) groups is 1. The zero-order valence-corrected chi connectivity index (χ0v) is 11.5. The lowest BCUT2D eigenvalue weighted by atomic mass is 10.2. The summed E-state index contributed by atoms with van der Waals surface area (Å²) in [5.74, 6) is 0. The van der Waals surface area contributed by atoms with Crippen LogP contribution in [0.4, 0.5) is 0 Å². The highest BCUT2D eigenvalue weighted by Gasteiger charge is 2.43.